The number of nitrogens with zero attached hydrogens (tertiary/aromatic N) is 2. The van der Waals surface area contributed by atoms with Gasteiger partial charge in [0.1, 0.15) is 17.1 Å². The van der Waals surface area contributed by atoms with Gasteiger partial charge in [-0.05, 0) is 37.8 Å². The molecule has 0 saturated heterocycles. The maximum Gasteiger partial charge on any atom is 0.147 e. The van der Waals surface area contributed by atoms with Crippen molar-refractivity contribution in [1.29, 1.82) is 0 Å². The molecule has 1 saturated carbocycles. The molecule has 0 atom stereocenters. The summed E-state index contributed by atoms with van der Waals surface area (Å²) in [5.41, 5.74) is 2.16. The van der Waals surface area contributed by atoms with E-state index in [0.29, 0.717) is 12.5 Å². The maximum atomic E-state index is 5.94. The minimum Gasteiger partial charge on any atom is -0.492 e. The second kappa shape index (κ2) is 6.04. The normalized spacial score (nSPS) is 15.5. The molecule has 3 nitrogen and oxygen atoms in total. The van der Waals surface area contributed by atoms with E-state index in [1.165, 1.54) is 24.8 Å². The van der Waals surface area contributed by atoms with Gasteiger partial charge in [0.25, 0.3) is 0 Å². The summed E-state index contributed by atoms with van der Waals surface area (Å²) < 4.78 is 8.05. The predicted molar refractivity (Wildman–Crippen MR) is 82.7 cm³/mol. The first-order chi connectivity index (χ1) is 9.83. The second-order valence-electron chi connectivity index (χ2n) is 5.43. The van der Waals surface area contributed by atoms with Crippen LogP contribution in [0.4, 0.5) is 0 Å². The molecule has 0 N–H and O–H groups in total. The minimum absolute atomic E-state index is 0.609. The number of halogens is 1. The summed E-state index contributed by atoms with van der Waals surface area (Å²) >= 11 is 5.94. The van der Waals surface area contributed by atoms with Crippen LogP contribution in [0.3, 0.4) is 0 Å². The lowest BCUT2D eigenvalue weighted by atomic mass is 9.85. The molecular weight excluding hydrogens is 272 g/mol. The van der Waals surface area contributed by atoms with Crippen molar-refractivity contribution in [2.75, 3.05) is 12.5 Å². The van der Waals surface area contributed by atoms with Gasteiger partial charge in [-0.1, -0.05) is 12.5 Å². The summed E-state index contributed by atoms with van der Waals surface area (Å²) in [6, 6.07) is 6.19. The number of para-hydroxylation sites is 1. The lowest BCUT2D eigenvalue weighted by Crippen LogP contribution is -2.19. The van der Waals surface area contributed by atoms with Crippen LogP contribution in [0.2, 0.25) is 0 Å². The zero-order valence-corrected chi connectivity index (χ0v) is 12.7. The highest BCUT2D eigenvalue weighted by Gasteiger charge is 2.21. The molecule has 1 heterocycles. The third-order valence-corrected chi connectivity index (χ3v) is 4.29. The van der Waals surface area contributed by atoms with Crippen LogP contribution in [0.15, 0.2) is 18.2 Å². The Labute approximate surface area is 124 Å². The van der Waals surface area contributed by atoms with Crippen molar-refractivity contribution in [1.82, 2.24) is 9.55 Å². The molecule has 1 aromatic carbocycles. The molecule has 1 fully saturated rings. The summed E-state index contributed by atoms with van der Waals surface area (Å²) in [6.07, 6.45) is 4.86. The van der Waals surface area contributed by atoms with Gasteiger partial charge in [0.2, 0.25) is 0 Å². The molecule has 0 spiro atoms. The molecule has 1 aliphatic carbocycles. The number of hydrogen-bond acceptors (Lipinski definition) is 2. The van der Waals surface area contributed by atoms with Gasteiger partial charge < -0.3 is 9.30 Å². The molecule has 1 aliphatic rings. The standard InChI is InChI=1S/C16H21ClN2O/c1-2-20-14-8-4-7-13-16(14)18-15(9-10-17)19(13)11-12-5-3-6-12/h4,7-8,12H,2-3,5-6,9-11H2,1H3. The van der Waals surface area contributed by atoms with Crippen LogP contribution in [-0.4, -0.2) is 22.0 Å². The molecule has 0 bridgehead atoms. The number of hydrogen-bond donors (Lipinski definition) is 0. The van der Waals surface area contributed by atoms with Gasteiger partial charge in [-0.2, -0.15) is 0 Å². The highest BCUT2D eigenvalue weighted by atomic mass is 35.5. The zero-order valence-electron chi connectivity index (χ0n) is 11.9. The van der Waals surface area contributed by atoms with E-state index in [1.54, 1.807) is 0 Å². The number of fused-ring (bicyclic) bond motifs is 1. The van der Waals surface area contributed by atoms with Gasteiger partial charge in [-0.15, -0.1) is 11.6 Å². The van der Waals surface area contributed by atoms with Crippen molar-refractivity contribution < 1.29 is 4.74 Å². The van der Waals surface area contributed by atoms with Crippen molar-refractivity contribution in [3.63, 3.8) is 0 Å². The summed E-state index contributed by atoms with van der Waals surface area (Å²) in [4.78, 5) is 4.79. The molecule has 0 radical (unpaired) electrons. The third kappa shape index (κ3) is 2.51. The minimum atomic E-state index is 0.609. The lowest BCUT2D eigenvalue weighted by Gasteiger charge is -2.26. The van der Waals surface area contributed by atoms with E-state index >= 15 is 0 Å². The molecule has 1 aromatic heterocycles. The van der Waals surface area contributed by atoms with Gasteiger partial charge in [0, 0.05) is 18.8 Å². The first kappa shape index (κ1) is 13.7. The Morgan fingerprint density at radius 3 is 2.90 bits per heavy atom. The van der Waals surface area contributed by atoms with E-state index in [4.69, 9.17) is 21.3 Å². The van der Waals surface area contributed by atoms with Gasteiger partial charge in [-0.25, -0.2) is 4.98 Å². The number of ether oxygens (including phenoxy) is 1. The van der Waals surface area contributed by atoms with Crippen LogP contribution in [0.1, 0.15) is 32.0 Å². The molecule has 108 valence electrons. The topological polar surface area (TPSA) is 27.1 Å². The van der Waals surface area contributed by atoms with E-state index in [0.717, 1.165) is 36.0 Å². The molecule has 0 amide bonds. The highest BCUT2D eigenvalue weighted by Crippen LogP contribution is 2.32. The molecule has 4 heteroatoms. The molecule has 2 aromatic rings. The summed E-state index contributed by atoms with van der Waals surface area (Å²) in [5.74, 6) is 3.39. The number of benzene rings is 1. The van der Waals surface area contributed by atoms with E-state index in [2.05, 4.69) is 16.7 Å². The molecule has 0 unspecified atom stereocenters. The van der Waals surface area contributed by atoms with Crippen LogP contribution >= 0.6 is 11.6 Å². The average molecular weight is 293 g/mol. The van der Waals surface area contributed by atoms with Crippen LogP contribution < -0.4 is 4.74 Å². The number of imidazole rings is 1. The fourth-order valence-electron chi connectivity index (χ4n) is 2.85. The van der Waals surface area contributed by atoms with Gasteiger partial charge in [-0.3, -0.25) is 0 Å². The Morgan fingerprint density at radius 1 is 1.40 bits per heavy atom. The summed E-state index contributed by atoms with van der Waals surface area (Å²) in [5, 5.41) is 0. The van der Waals surface area contributed by atoms with Crippen molar-refractivity contribution in [3.05, 3.63) is 24.0 Å². The van der Waals surface area contributed by atoms with Gasteiger partial charge >= 0.3 is 0 Å². The quantitative estimate of drug-likeness (QED) is 0.752. The van der Waals surface area contributed by atoms with E-state index in [1.807, 2.05) is 13.0 Å². The Balaban J connectivity index is 2.03. The van der Waals surface area contributed by atoms with Crippen molar-refractivity contribution in [2.24, 2.45) is 5.92 Å². The highest BCUT2D eigenvalue weighted by molar-refractivity contribution is 6.17. The molecular formula is C16H21ClN2O. The van der Waals surface area contributed by atoms with Crippen LogP contribution in [0, 0.1) is 5.92 Å². The largest absolute Gasteiger partial charge is 0.492 e. The molecule has 0 aliphatic heterocycles. The first-order valence-electron chi connectivity index (χ1n) is 7.50. The van der Waals surface area contributed by atoms with Crippen LogP contribution in [0.25, 0.3) is 11.0 Å². The summed E-state index contributed by atoms with van der Waals surface area (Å²) in [7, 11) is 0. The fraction of sp³-hybridized carbons (Fsp3) is 0.562. The number of rotatable bonds is 6. The number of aromatic nitrogens is 2. The molecule has 20 heavy (non-hydrogen) atoms. The Kier molecular flexibility index (Phi) is 4.16. The first-order valence-corrected chi connectivity index (χ1v) is 8.03. The third-order valence-electron chi connectivity index (χ3n) is 4.10. The van der Waals surface area contributed by atoms with Crippen molar-refractivity contribution in [2.45, 2.75) is 39.2 Å². The van der Waals surface area contributed by atoms with Gasteiger partial charge in [0.05, 0.1) is 12.1 Å². The second-order valence-corrected chi connectivity index (χ2v) is 5.81. The van der Waals surface area contributed by atoms with E-state index in [9.17, 15) is 0 Å². The number of aryl methyl sites for hydroxylation is 1. The van der Waals surface area contributed by atoms with Crippen LogP contribution in [-0.2, 0) is 13.0 Å². The van der Waals surface area contributed by atoms with Gasteiger partial charge in [0.15, 0.2) is 0 Å². The number of alkyl halides is 1. The Hall–Kier alpha value is -1.22. The zero-order chi connectivity index (χ0) is 13.9. The smallest absolute Gasteiger partial charge is 0.147 e. The Bertz CT molecular complexity index is 589. The maximum absolute atomic E-state index is 5.94. The average Bonchev–Trinajstić information content (AvgIpc) is 2.74. The van der Waals surface area contributed by atoms with Crippen molar-refractivity contribution in [3.8, 4) is 5.75 Å². The predicted octanol–water partition coefficient (Wildman–Crippen LogP) is 4.02. The lowest BCUT2D eigenvalue weighted by molar-refractivity contribution is 0.277. The van der Waals surface area contributed by atoms with E-state index < -0.39 is 0 Å². The fourth-order valence-corrected chi connectivity index (χ4v) is 3.02. The van der Waals surface area contributed by atoms with Crippen LogP contribution in [0.5, 0.6) is 5.75 Å². The van der Waals surface area contributed by atoms with E-state index in [-0.39, 0.29) is 0 Å². The SMILES string of the molecule is CCOc1cccc2c1nc(CCCl)n2CC1CCC1. The van der Waals surface area contributed by atoms with Crippen molar-refractivity contribution >= 4 is 22.6 Å². The monoisotopic (exact) mass is 292 g/mol. The molecule has 3 rings (SSSR count). The summed E-state index contributed by atoms with van der Waals surface area (Å²) in [6.45, 7) is 3.74. The Morgan fingerprint density at radius 2 is 2.25 bits per heavy atom.